The van der Waals surface area contributed by atoms with Crippen molar-refractivity contribution in [3.8, 4) is 0 Å². The van der Waals surface area contributed by atoms with Crippen LogP contribution >= 0.6 is 22.7 Å². The van der Waals surface area contributed by atoms with Crippen LogP contribution in [0.4, 0.5) is 5.69 Å². The minimum atomic E-state index is -0.338. The van der Waals surface area contributed by atoms with E-state index in [1.807, 2.05) is 48.5 Å². The molecular weight excluding hydrogens is 432 g/mol. The van der Waals surface area contributed by atoms with Crippen LogP contribution in [0.3, 0.4) is 0 Å². The first-order chi connectivity index (χ1) is 15.1. The van der Waals surface area contributed by atoms with Gasteiger partial charge in [0.2, 0.25) is 5.01 Å². The highest BCUT2D eigenvalue weighted by molar-refractivity contribution is 7.18. The fraction of sp³-hybridized carbons (Fsp3) is 0.227. The second-order valence-electron chi connectivity index (χ2n) is 6.74. The molecule has 0 saturated heterocycles. The first-order valence-corrected chi connectivity index (χ1v) is 11.5. The van der Waals surface area contributed by atoms with E-state index in [4.69, 9.17) is 4.74 Å². The standard InChI is InChI=1S/C22H20N4O3S2/c1-2-14-7-9-15(10-8-14)23-21(28)22-26-25-19(31-22)13-29-20(27)12-11-18-24-16-5-3-4-6-17(16)30-18/h3-10H,2,11-13H2,1H3,(H,23,28). The lowest BCUT2D eigenvalue weighted by Crippen LogP contribution is -2.11. The van der Waals surface area contributed by atoms with Crippen LogP contribution in [0.2, 0.25) is 0 Å². The second kappa shape index (κ2) is 9.76. The third kappa shape index (κ3) is 5.50. The van der Waals surface area contributed by atoms with Gasteiger partial charge >= 0.3 is 5.97 Å². The van der Waals surface area contributed by atoms with Gasteiger partial charge in [0, 0.05) is 12.1 Å². The van der Waals surface area contributed by atoms with Gasteiger partial charge in [-0.05, 0) is 36.2 Å². The van der Waals surface area contributed by atoms with Crippen LogP contribution in [0.25, 0.3) is 10.2 Å². The first kappa shape index (κ1) is 21.1. The number of fused-ring (bicyclic) bond motifs is 1. The number of hydrogen-bond donors (Lipinski definition) is 1. The number of para-hydroxylation sites is 1. The van der Waals surface area contributed by atoms with E-state index >= 15 is 0 Å². The van der Waals surface area contributed by atoms with Gasteiger partial charge in [-0.3, -0.25) is 9.59 Å². The van der Waals surface area contributed by atoms with Crippen molar-refractivity contribution >= 4 is 50.5 Å². The smallest absolute Gasteiger partial charge is 0.306 e. The van der Waals surface area contributed by atoms with Gasteiger partial charge in [0.25, 0.3) is 5.91 Å². The number of aryl methyl sites for hydroxylation is 2. The highest BCUT2D eigenvalue weighted by Crippen LogP contribution is 2.22. The number of amides is 1. The number of benzene rings is 2. The number of esters is 1. The summed E-state index contributed by atoms with van der Waals surface area (Å²) in [4.78, 5) is 28.9. The molecule has 2 heterocycles. The molecule has 1 N–H and O–H groups in total. The predicted octanol–water partition coefficient (Wildman–Crippen LogP) is 4.64. The molecule has 0 aliphatic heterocycles. The molecule has 31 heavy (non-hydrogen) atoms. The van der Waals surface area contributed by atoms with E-state index < -0.39 is 0 Å². The number of nitrogens with zero attached hydrogens (tertiary/aromatic N) is 3. The monoisotopic (exact) mass is 452 g/mol. The van der Waals surface area contributed by atoms with Crippen LogP contribution in [-0.4, -0.2) is 27.1 Å². The van der Waals surface area contributed by atoms with Crippen molar-refractivity contribution in [3.63, 3.8) is 0 Å². The number of ether oxygens (including phenoxy) is 1. The number of hydrogen-bond acceptors (Lipinski definition) is 8. The lowest BCUT2D eigenvalue weighted by atomic mass is 10.1. The van der Waals surface area contributed by atoms with Crippen LogP contribution in [0.5, 0.6) is 0 Å². The fourth-order valence-corrected chi connectivity index (χ4v) is 4.48. The maximum Gasteiger partial charge on any atom is 0.306 e. The maximum atomic E-state index is 12.3. The Morgan fingerprint density at radius 1 is 1.00 bits per heavy atom. The van der Waals surface area contributed by atoms with E-state index in [9.17, 15) is 9.59 Å². The van der Waals surface area contributed by atoms with Crippen molar-refractivity contribution in [2.45, 2.75) is 32.8 Å². The van der Waals surface area contributed by atoms with E-state index in [0.717, 1.165) is 33.0 Å². The Kier molecular flexibility index (Phi) is 6.63. The molecule has 0 radical (unpaired) electrons. The third-order valence-corrected chi connectivity index (χ3v) is 6.51. The Hall–Kier alpha value is -3.17. The van der Waals surface area contributed by atoms with Gasteiger partial charge in [0.15, 0.2) is 5.01 Å². The molecule has 2 aromatic carbocycles. The van der Waals surface area contributed by atoms with E-state index in [1.165, 1.54) is 5.56 Å². The summed E-state index contributed by atoms with van der Waals surface area (Å²) >= 11 is 2.68. The third-order valence-electron chi connectivity index (χ3n) is 4.52. The quantitative estimate of drug-likeness (QED) is 0.392. The van der Waals surface area contributed by atoms with Crippen molar-refractivity contribution in [1.82, 2.24) is 15.2 Å². The molecule has 7 nitrogen and oxygen atoms in total. The van der Waals surface area contributed by atoms with E-state index in [-0.39, 0.29) is 29.9 Å². The minimum Gasteiger partial charge on any atom is -0.458 e. The molecular formula is C22H20N4O3S2. The lowest BCUT2D eigenvalue weighted by molar-refractivity contribution is -0.144. The molecule has 2 aromatic heterocycles. The minimum absolute atomic E-state index is 0.00514. The van der Waals surface area contributed by atoms with Crippen LogP contribution in [0, 0.1) is 0 Å². The van der Waals surface area contributed by atoms with Gasteiger partial charge in [-0.1, -0.05) is 42.5 Å². The molecule has 1 amide bonds. The van der Waals surface area contributed by atoms with Crippen LogP contribution in [0.1, 0.15) is 38.7 Å². The SMILES string of the molecule is CCc1ccc(NC(=O)c2nnc(COC(=O)CCc3nc4ccccc4s3)s2)cc1. The molecule has 0 bridgehead atoms. The van der Waals surface area contributed by atoms with Gasteiger partial charge < -0.3 is 10.1 Å². The van der Waals surface area contributed by atoms with Gasteiger partial charge in [-0.2, -0.15) is 0 Å². The lowest BCUT2D eigenvalue weighted by Gasteiger charge is -2.03. The largest absolute Gasteiger partial charge is 0.458 e. The Balaban J connectivity index is 1.25. The molecule has 0 saturated carbocycles. The second-order valence-corrected chi connectivity index (χ2v) is 8.92. The summed E-state index contributed by atoms with van der Waals surface area (Å²) < 4.78 is 6.38. The van der Waals surface area contributed by atoms with Crippen molar-refractivity contribution < 1.29 is 14.3 Å². The molecule has 9 heteroatoms. The van der Waals surface area contributed by atoms with Crippen molar-refractivity contribution in [3.05, 3.63) is 69.1 Å². The summed E-state index contributed by atoms with van der Waals surface area (Å²) in [5.74, 6) is -0.674. The molecule has 4 rings (SSSR count). The number of carbonyl (C=O) groups excluding carboxylic acids is 2. The summed E-state index contributed by atoms with van der Waals surface area (Å²) in [5, 5.41) is 12.2. The zero-order valence-corrected chi connectivity index (χ0v) is 18.5. The van der Waals surface area contributed by atoms with E-state index in [2.05, 4.69) is 27.4 Å². The zero-order valence-electron chi connectivity index (χ0n) is 16.8. The Morgan fingerprint density at radius 2 is 1.81 bits per heavy atom. The van der Waals surface area contributed by atoms with Crippen LogP contribution in [0.15, 0.2) is 48.5 Å². The van der Waals surface area contributed by atoms with E-state index in [0.29, 0.717) is 17.1 Å². The molecule has 0 unspecified atom stereocenters. The normalized spacial score (nSPS) is 10.9. The highest BCUT2D eigenvalue weighted by atomic mass is 32.1. The topological polar surface area (TPSA) is 94.1 Å². The molecule has 4 aromatic rings. The first-order valence-electron chi connectivity index (χ1n) is 9.83. The summed E-state index contributed by atoms with van der Waals surface area (Å²) in [7, 11) is 0. The summed E-state index contributed by atoms with van der Waals surface area (Å²) in [6, 6.07) is 15.5. The van der Waals surface area contributed by atoms with Crippen molar-refractivity contribution in [2.24, 2.45) is 0 Å². The zero-order chi connectivity index (χ0) is 21.6. The average molecular weight is 453 g/mol. The Bertz CT molecular complexity index is 1170. The number of rotatable bonds is 8. The number of thiazole rings is 1. The molecule has 0 atom stereocenters. The van der Waals surface area contributed by atoms with E-state index in [1.54, 1.807) is 11.3 Å². The van der Waals surface area contributed by atoms with Gasteiger partial charge in [-0.15, -0.1) is 21.5 Å². The Labute approximate surface area is 187 Å². The highest BCUT2D eigenvalue weighted by Gasteiger charge is 2.15. The summed E-state index contributed by atoms with van der Waals surface area (Å²) in [5.41, 5.74) is 2.83. The fourth-order valence-electron chi connectivity index (χ4n) is 2.86. The van der Waals surface area contributed by atoms with Gasteiger partial charge in [-0.25, -0.2) is 4.98 Å². The van der Waals surface area contributed by atoms with Crippen molar-refractivity contribution in [1.29, 1.82) is 0 Å². The molecule has 0 aliphatic carbocycles. The number of anilines is 1. The van der Waals surface area contributed by atoms with Crippen LogP contribution in [-0.2, 0) is 29.0 Å². The molecule has 0 aliphatic rings. The number of nitrogens with one attached hydrogen (secondary N) is 1. The summed E-state index contributed by atoms with van der Waals surface area (Å²) in [6.07, 6.45) is 1.70. The average Bonchev–Trinajstić information content (AvgIpc) is 3.43. The molecule has 0 spiro atoms. The predicted molar refractivity (Wildman–Crippen MR) is 121 cm³/mol. The van der Waals surface area contributed by atoms with Crippen molar-refractivity contribution in [2.75, 3.05) is 5.32 Å². The van der Waals surface area contributed by atoms with Crippen LogP contribution < -0.4 is 5.32 Å². The van der Waals surface area contributed by atoms with Gasteiger partial charge in [0.1, 0.15) is 6.61 Å². The number of aromatic nitrogens is 3. The maximum absolute atomic E-state index is 12.3. The molecule has 0 fully saturated rings. The van der Waals surface area contributed by atoms with Gasteiger partial charge in [0.05, 0.1) is 21.6 Å². The number of carbonyl (C=O) groups is 2. The Morgan fingerprint density at radius 3 is 2.58 bits per heavy atom. The summed E-state index contributed by atoms with van der Waals surface area (Å²) in [6.45, 7) is 2.07. The molecule has 158 valence electrons.